The average molecular weight is 226 g/mol. The highest BCUT2D eigenvalue weighted by molar-refractivity contribution is 7.80. The van der Waals surface area contributed by atoms with Crippen molar-refractivity contribution in [1.29, 1.82) is 0 Å². The topological polar surface area (TPSA) is 24.1 Å². The van der Waals surface area contributed by atoms with Gasteiger partial charge in [-0.1, -0.05) is 37.8 Å². The summed E-state index contributed by atoms with van der Waals surface area (Å²) >= 11 is 5.23. The lowest BCUT2D eigenvalue weighted by Gasteiger charge is -2.18. The zero-order valence-electron chi connectivity index (χ0n) is 9.64. The summed E-state index contributed by atoms with van der Waals surface area (Å²) in [6, 6.07) is 0.581. The fourth-order valence-electron chi connectivity index (χ4n) is 1.89. The fraction of sp³-hybridized carbons (Fsp3) is 0.750. The SMILES string of the molecule is C=C(C)CNC(=S)NC1CCCCCC1. The molecule has 2 N–H and O–H groups in total. The minimum Gasteiger partial charge on any atom is -0.360 e. The lowest BCUT2D eigenvalue weighted by molar-refractivity contribution is 0.530. The Morgan fingerprint density at radius 3 is 2.40 bits per heavy atom. The molecular weight excluding hydrogens is 204 g/mol. The Morgan fingerprint density at radius 2 is 1.87 bits per heavy atom. The summed E-state index contributed by atoms with van der Waals surface area (Å²) in [6.07, 6.45) is 7.94. The maximum absolute atomic E-state index is 5.23. The van der Waals surface area contributed by atoms with Crippen LogP contribution in [0.15, 0.2) is 12.2 Å². The number of nitrogens with one attached hydrogen (secondary N) is 2. The van der Waals surface area contributed by atoms with E-state index in [1.54, 1.807) is 0 Å². The van der Waals surface area contributed by atoms with Crippen LogP contribution in [0.3, 0.4) is 0 Å². The van der Waals surface area contributed by atoms with Crippen LogP contribution in [0.2, 0.25) is 0 Å². The van der Waals surface area contributed by atoms with Crippen molar-refractivity contribution in [3.05, 3.63) is 12.2 Å². The molecule has 0 unspecified atom stereocenters. The molecule has 86 valence electrons. The van der Waals surface area contributed by atoms with E-state index in [2.05, 4.69) is 17.2 Å². The first-order valence-electron chi connectivity index (χ1n) is 5.87. The average Bonchev–Trinajstić information content (AvgIpc) is 2.43. The highest BCUT2D eigenvalue weighted by Gasteiger charge is 2.12. The molecule has 1 saturated carbocycles. The Kier molecular flexibility index (Phi) is 5.69. The van der Waals surface area contributed by atoms with E-state index >= 15 is 0 Å². The van der Waals surface area contributed by atoms with Gasteiger partial charge in [-0.05, 0) is 32.0 Å². The maximum atomic E-state index is 5.23. The Balaban J connectivity index is 2.20. The molecular formula is C12H22N2S. The molecule has 1 aliphatic rings. The van der Waals surface area contributed by atoms with Crippen LogP contribution in [0.1, 0.15) is 45.4 Å². The van der Waals surface area contributed by atoms with Crippen LogP contribution in [0.5, 0.6) is 0 Å². The largest absolute Gasteiger partial charge is 0.360 e. The molecule has 0 aromatic rings. The highest BCUT2D eigenvalue weighted by Crippen LogP contribution is 2.16. The molecule has 0 spiro atoms. The van der Waals surface area contributed by atoms with Crippen molar-refractivity contribution in [3.63, 3.8) is 0 Å². The molecule has 0 aliphatic heterocycles. The predicted octanol–water partition coefficient (Wildman–Crippen LogP) is 2.75. The van der Waals surface area contributed by atoms with Crippen molar-refractivity contribution < 1.29 is 0 Å². The first-order chi connectivity index (χ1) is 7.18. The van der Waals surface area contributed by atoms with Gasteiger partial charge >= 0.3 is 0 Å². The first kappa shape index (κ1) is 12.5. The van der Waals surface area contributed by atoms with Crippen molar-refractivity contribution in [2.24, 2.45) is 0 Å². The van der Waals surface area contributed by atoms with Crippen LogP contribution in [-0.2, 0) is 0 Å². The van der Waals surface area contributed by atoms with Crippen LogP contribution in [-0.4, -0.2) is 17.7 Å². The molecule has 0 aromatic heterocycles. The summed E-state index contributed by atoms with van der Waals surface area (Å²) in [5.41, 5.74) is 1.11. The molecule has 0 amide bonds. The van der Waals surface area contributed by atoms with E-state index in [1.165, 1.54) is 38.5 Å². The lowest BCUT2D eigenvalue weighted by atomic mass is 10.1. The lowest BCUT2D eigenvalue weighted by Crippen LogP contribution is -2.42. The van der Waals surface area contributed by atoms with Gasteiger partial charge in [0.25, 0.3) is 0 Å². The number of thiocarbonyl (C=S) groups is 1. The van der Waals surface area contributed by atoms with E-state index in [0.29, 0.717) is 6.04 Å². The van der Waals surface area contributed by atoms with Crippen molar-refractivity contribution in [3.8, 4) is 0 Å². The van der Waals surface area contributed by atoms with Gasteiger partial charge in [0.05, 0.1) is 0 Å². The molecule has 1 aliphatic carbocycles. The van der Waals surface area contributed by atoms with Crippen molar-refractivity contribution >= 4 is 17.3 Å². The van der Waals surface area contributed by atoms with Gasteiger partial charge in [0.2, 0.25) is 0 Å². The van der Waals surface area contributed by atoms with E-state index in [1.807, 2.05) is 6.92 Å². The van der Waals surface area contributed by atoms with Crippen molar-refractivity contribution in [2.45, 2.75) is 51.5 Å². The van der Waals surface area contributed by atoms with Crippen LogP contribution >= 0.6 is 12.2 Å². The standard InChI is InChI=1S/C12H22N2S/c1-10(2)9-13-12(15)14-11-7-5-3-4-6-8-11/h11H,1,3-9H2,2H3,(H2,13,14,15). The smallest absolute Gasteiger partial charge is 0.166 e. The van der Waals surface area contributed by atoms with Gasteiger partial charge in [0.1, 0.15) is 0 Å². The fourth-order valence-corrected chi connectivity index (χ4v) is 2.13. The molecule has 0 aromatic carbocycles. The summed E-state index contributed by atoms with van der Waals surface area (Å²) in [6.45, 7) is 6.62. The summed E-state index contributed by atoms with van der Waals surface area (Å²) in [5.74, 6) is 0. The predicted molar refractivity (Wildman–Crippen MR) is 70.0 cm³/mol. The number of rotatable bonds is 3. The third kappa shape index (κ3) is 5.78. The second-order valence-corrected chi connectivity index (χ2v) is 4.88. The first-order valence-corrected chi connectivity index (χ1v) is 6.28. The molecule has 1 rings (SSSR count). The van der Waals surface area contributed by atoms with Gasteiger partial charge in [-0.3, -0.25) is 0 Å². The molecule has 0 saturated heterocycles. The van der Waals surface area contributed by atoms with Gasteiger partial charge in [-0.15, -0.1) is 0 Å². The minimum atomic E-state index is 0.581. The minimum absolute atomic E-state index is 0.581. The molecule has 0 atom stereocenters. The van der Waals surface area contributed by atoms with Crippen LogP contribution in [0.4, 0.5) is 0 Å². The van der Waals surface area contributed by atoms with E-state index in [9.17, 15) is 0 Å². The highest BCUT2D eigenvalue weighted by atomic mass is 32.1. The van der Waals surface area contributed by atoms with E-state index < -0.39 is 0 Å². The normalized spacial score (nSPS) is 17.9. The van der Waals surface area contributed by atoms with Gasteiger partial charge in [-0.2, -0.15) is 0 Å². The van der Waals surface area contributed by atoms with Crippen molar-refractivity contribution in [2.75, 3.05) is 6.54 Å². The van der Waals surface area contributed by atoms with Gasteiger partial charge in [0, 0.05) is 12.6 Å². The van der Waals surface area contributed by atoms with Crippen LogP contribution in [0.25, 0.3) is 0 Å². The van der Waals surface area contributed by atoms with Gasteiger partial charge in [0.15, 0.2) is 5.11 Å². The molecule has 0 radical (unpaired) electrons. The number of hydrogen-bond donors (Lipinski definition) is 2. The third-order valence-corrected chi connectivity index (χ3v) is 3.00. The quantitative estimate of drug-likeness (QED) is 0.439. The Hall–Kier alpha value is -0.570. The van der Waals surface area contributed by atoms with Crippen LogP contribution < -0.4 is 10.6 Å². The summed E-state index contributed by atoms with van der Waals surface area (Å²) in [4.78, 5) is 0. The summed E-state index contributed by atoms with van der Waals surface area (Å²) in [7, 11) is 0. The summed E-state index contributed by atoms with van der Waals surface area (Å²) < 4.78 is 0. The molecule has 15 heavy (non-hydrogen) atoms. The Morgan fingerprint density at radius 1 is 1.27 bits per heavy atom. The molecule has 0 heterocycles. The van der Waals surface area contributed by atoms with E-state index in [-0.39, 0.29) is 0 Å². The third-order valence-electron chi connectivity index (χ3n) is 2.74. The van der Waals surface area contributed by atoms with E-state index in [0.717, 1.165) is 17.2 Å². The molecule has 2 nitrogen and oxygen atoms in total. The molecule has 1 fully saturated rings. The number of hydrogen-bond acceptors (Lipinski definition) is 1. The molecule has 3 heteroatoms. The molecule has 0 bridgehead atoms. The van der Waals surface area contributed by atoms with Crippen molar-refractivity contribution in [1.82, 2.24) is 10.6 Å². The Bertz CT molecular complexity index is 218. The Labute approximate surface area is 98.5 Å². The monoisotopic (exact) mass is 226 g/mol. The zero-order chi connectivity index (χ0) is 11.1. The second-order valence-electron chi connectivity index (χ2n) is 4.47. The second kappa shape index (κ2) is 6.83. The maximum Gasteiger partial charge on any atom is 0.166 e. The summed E-state index contributed by atoms with van der Waals surface area (Å²) in [5, 5.41) is 7.35. The van der Waals surface area contributed by atoms with E-state index in [4.69, 9.17) is 12.2 Å². The van der Waals surface area contributed by atoms with Crippen LogP contribution in [0, 0.1) is 0 Å². The van der Waals surface area contributed by atoms with Gasteiger partial charge < -0.3 is 10.6 Å². The zero-order valence-corrected chi connectivity index (χ0v) is 10.5. The van der Waals surface area contributed by atoms with Gasteiger partial charge in [-0.25, -0.2) is 0 Å².